The van der Waals surface area contributed by atoms with Crippen LogP contribution in [0.4, 0.5) is 11.4 Å². The van der Waals surface area contributed by atoms with Crippen LogP contribution < -0.4 is 4.90 Å². The van der Waals surface area contributed by atoms with Gasteiger partial charge in [-0.15, -0.1) is 0 Å². The van der Waals surface area contributed by atoms with E-state index in [0.29, 0.717) is 5.56 Å². The predicted molar refractivity (Wildman–Crippen MR) is 69.5 cm³/mol. The minimum Gasteiger partial charge on any atom is -0.373 e. The Kier molecular flexibility index (Phi) is 4.79. The van der Waals surface area contributed by atoms with Crippen molar-refractivity contribution in [2.45, 2.75) is 0 Å². The highest BCUT2D eigenvalue weighted by atomic mass is 32.2. The Labute approximate surface area is 104 Å². The lowest BCUT2D eigenvalue weighted by molar-refractivity contribution is -0.384. The molecule has 0 aliphatic heterocycles. The van der Waals surface area contributed by atoms with Crippen molar-refractivity contribution in [1.29, 1.82) is 5.26 Å². The molecule has 0 saturated carbocycles. The van der Waals surface area contributed by atoms with Gasteiger partial charge in [0.25, 0.3) is 5.69 Å². The largest absolute Gasteiger partial charge is 0.373 e. The van der Waals surface area contributed by atoms with Gasteiger partial charge in [-0.2, -0.15) is 17.0 Å². The third-order valence-corrected chi connectivity index (χ3v) is 2.94. The minimum absolute atomic E-state index is 0.0523. The number of rotatable bonds is 5. The fourth-order valence-corrected chi connectivity index (χ4v) is 1.87. The highest BCUT2D eigenvalue weighted by Gasteiger charge is 2.12. The molecule has 0 amide bonds. The van der Waals surface area contributed by atoms with Crippen LogP contribution in [0.1, 0.15) is 5.56 Å². The van der Waals surface area contributed by atoms with Crippen molar-refractivity contribution in [1.82, 2.24) is 0 Å². The van der Waals surface area contributed by atoms with E-state index in [0.717, 1.165) is 18.0 Å². The summed E-state index contributed by atoms with van der Waals surface area (Å²) in [6.07, 6.45) is 2.01. The van der Waals surface area contributed by atoms with Gasteiger partial charge >= 0.3 is 0 Å². The third-order valence-electron chi connectivity index (χ3n) is 2.35. The van der Waals surface area contributed by atoms with Gasteiger partial charge in [-0.3, -0.25) is 10.1 Å². The van der Waals surface area contributed by atoms with E-state index in [1.165, 1.54) is 12.1 Å². The quantitative estimate of drug-likeness (QED) is 0.593. The van der Waals surface area contributed by atoms with E-state index >= 15 is 0 Å². The molecule has 0 N–H and O–H groups in total. The number of nitro benzene ring substituents is 1. The first-order valence-electron chi connectivity index (χ1n) is 4.98. The van der Waals surface area contributed by atoms with E-state index in [-0.39, 0.29) is 5.69 Å². The SMILES string of the molecule is CSCCN(C)c1ccc([N+](=O)[O-])cc1C#N. The Balaban J connectivity index is 3.01. The Morgan fingerprint density at radius 2 is 2.29 bits per heavy atom. The molecule has 0 aliphatic rings. The molecule has 5 nitrogen and oxygen atoms in total. The molecule has 1 rings (SSSR count). The second-order valence-corrected chi connectivity index (χ2v) is 4.47. The fraction of sp³-hybridized carbons (Fsp3) is 0.364. The van der Waals surface area contributed by atoms with Gasteiger partial charge in [-0.25, -0.2) is 0 Å². The normalized spacial score (nSPS) is 9.71. The van der Waals surface area contributed by atoms with E-state index < -0.39 is 4.92 Å². The van der Waals surface area contributed by atoms with Gasteiger partial charge in [-0.1, -0.05) is 0 Å². The Hall–Kier alpha value is -1.74. The standard InChI is InChI=1S/C11H13N3O2S/c1-13(5-6-17-2)11-4-3-10(14(15)16)7-9(11)8-12/h3-4,7H,5-6H2,1-2H3. The fourth-order valence-electron chi connectivity index (χ4n) is 1.41. The molecule has 0 unspecified atom stereocenters. The third kappa shape index (κ3) is 3.36. The maximum absolute atomic E-state index is 10.6. The zero-order chi connectivity index (χ0) is 12.8. The van der Waals surface area contributed by atoms with Gasteiger partial charge in [0.1, 0.15) is 6.07 Å². The second-order valence-electron chi connectivity index (χ2n) is 3.48. The van der Waals surface area contributed by atoms with Crippen molar-refractivity contribution in [3.05, 3.63) is 33.9 Å². The van der Waals surface area contributed by atoms with Gasteiger partial charge in [0.05, 0.1) is 16.2 Å². The maximum Gasteiger partial charge on any atom is 0.270 e. The second kappa shape index (κ2) is 6.11. The molecular formula is C11H13N3O2S. The van der Waals surface area contributed by atoms with E-state index in [2.05, 4.69) is 0 Å². The van der Waals surface area contributed by atoms with Gasteiger partial charge in [0.15, 0.2) is 0 Å². The van der Waals surface area contributed by atoms with Crippen LogP contribution in [0, 0.1) is 21.4 Å². The Morgan fingerprint density at radius 1 is 1.59 bits per heavy atom. The van der Waals surface area contributed by atoms with Crippen LogP contribution in [-0.2, 0) is 0 Å². The lowest BCUT2D eigenvalue weighted by Gasteiger charge is -2.19. The topological polar surface area (TPSA) is 70.2 Å². The first-order chi connectivity index (χ1) is 8.10. The molecule has 1 aromatic rings. The van der Waals surface area contributed by atoms with Gasteiger partial charge in [-0.05, 0) is 12.3 Å². The van der Waals surface area contributed by atoms with Crippen molar-refractivity contribution in [2.75, 3.05) is 30.5 Å². The van der Waals surface area contributed by atoms with E-state index in [1.807, 2.05) is 24.3 Å². The summed E-state index contributed by atoms with van der Waals surface area (Å²) in [5.74, 6) is 0.943. The molecule has 1 aromatic carbocycles. The number of anilines is 1. The van der Waals surface area contributed by atoms with Crippen LogP contribution in [0.5, 0.6) is 0 Å². The Bertz CT molecular complexity index is 457. The number of hydrogen-bond donors (Lipinski definition) is 0. The molecule has 6 heteroatoms. The number of thioether (sulfide) groups is 1. The van der Waals surface area contributed by atoms with Crippen molar-refractivity contribution in [2.24, 2.45) is 0 Å². The number of benzene rings is 1. The maximum atomic E-state index is 10.6. The van der Waals surface area contributed by atoms with Crippen LogP contribution in [-0.4, -0.2) is 30.5 Å². The molecule has 0 atom stereocenters. The molecule has 0 fully saturated rings. The predicted octanol–water partition coefficient (Wildman–Crippen LogP) is 2.27. The first kappa shape index (κ1) is 13.3. The van der Waals surface area contributed by atoms with Crippen molar-refractivity contribution < 1.29 is 4.92 Å². The highest BCUT2D eigenvalue weighted by Crippen LogP contribution is 2.24. The van der Waals surface area contributed by atoms with Crippen LogP contribution in [0.3, 0.4) is 0 Å². The summed E-state index contributed by atoms with van der Waals surface area (Å²) in [6, 6.07) is 6.35. The van der Waals surface area contributed by atoms with Gasteiger partial charge < -0.3 is 4.90 Å². The minimum atomic E-state index is -0.494. The summed E-state index contributed by atoms with van der Waals surface area (Å²) in [4.78, 5) is 12.0. The van der Waals surface area contributed by atoms with Gasteiger partial charge in [0, 0.05) is 31.5 Å². The highest BCUT2D eigenvalue weighted by molar-refractivity contribution is 7.98. The summed E-state index contributed by atoms with van der Waals surface area (Å²) >= 11 is 1.71. The molecule has 0 aliphatic carbocycles. The van der Waals surface area contributed by atoms with Crippen LogP contribution in [0.15, 0.2) is 18.2 Å². The number of hydrogen-bond acceptors (Lipinski definition) is 5. The number of nitriles is 1. The molecule has 0 aromatic heterocycles. The lowest BCUT2D eigenvalue weighted by atomic mass is 10.1. The summed E-state index contributed by atoms with van der Waals surface area (Å²) < 4.78 is 0. The van der Waals surface area contributed by atoms with Crippen molar-refractivity contribution >= 4 is 23.1 Å². The average Bonchev–Trinajstić information content (AvgIpc) is 2.34. The van der Waals surface area contributed by atoms with E-state index in [4.69, 9.17) is 5.26 Å². The molecule has 17 heavy (non-hydrogen) atoms. The first-order valence-corrected chi connectivity index (χ1v) is 6.38. The summed E-state index contributed by atoms with van der Waals surface area (Å²) in [5, 5.41) is 19.6. The molecule has 0 bridgehead atoms. The molecule has 0 saturated heterocycles. The van der Waals surface area contributed by atoms with Crippen LogP contribution >= 0.6 is 11.8 Å². The van der Waals surface area contributed by atoms with E-state index in [1.54, 1.807) is 17.8 Å². The smallest absolute Gasteiger partial charge is 0.270 e. The number of nitro groups is 1. The summed E-state index contributed by atoms with van der Waals surface area (Å²) in [5.41, 5.74) is 1.01. The average molecular weight is 251 g/mol. The molecule has 90 valence electrons. The zero-order valence-electron chi connectivity index (χ0n) is 9.71. The molecular weight excluding hydrogens is 238 g/mol. The van der Waals surface area contributed by atoms with Crippen LogP contribution in [0.25, 0.3) is 0 Å². The number of nitrogens with zero attached hydrogens (tertiary/aromatic N) is 3. The number of non-ortho nitro benzene ring substituents is 1. The molecule has 0 radical (unpaired) electrons. The zero-order valence-corrected chi connectivity index (χ0v) is 10.5. The van der Waals surface area contributed by atoms with E-state index in [9.17, 15) is 10.1 Å². The van der Waals surface area contributed by atoms with Crippen LogP contribution in [0.2, 0.25) is 0 Å². The Morgan fingerprint density at radius 3 is 2.82 bits per heavy atom. The van der Waals surface area contributed by atoms with Crippen molar-refractivity contribution in [3.63, 3.8) is 0 Å². The summed E-state index contributed by atoms with van der Waals surface area (Å²) in [6.45, 7) is 0.799. The molecule has 0 spiro atoms. The molecule has 0 heterocycles. The van der Waals surface area contributed by atoms with Gasteiger partial charge in [0.2, 0.25) is 0 Å². The van der Waals surface area contributed by atoms with Crippen molar-refractivity contribution in [3.8, 4) is 6.07 Å². The monoisotopic (exact) mass is 251 g/mol. The lowest BCUT2D eigenvalue weighted by Crippen LogP contribution is -2.21. The summed E-state index contributed by atoms with van der Waals surface area (Å²) in [7, 11) is 1.87.